The molecule has 61 heavy (non-hydrogen) atoms. The van der Waals surface area contributed by atoms with E-state index in [-0.39, 0.29) is 66.8 Å². The summed E-state index contributed by atoms with van der Waals surface area (Å²) in [6.07, 6.45) is 0. The number of rotatable bonds is 19. The summed E-state index contributed by atoms with van der Waals surface area (Å²) in [6.45, 7) is 32.2. The van der Waals surface area contributed by atoms with Crippen molar-refractivity contribution in [1.82, 2.24) is 0 Å². The van der Waals surface area contributed by atoms with E-state index in [4.69, 9.17) is 50.6 Å². The number of carbonyl (C=O) groups excluding carboxylic acids is 6. The molecular formula is C40H70BrClO15S4. The van der Waals surface area contributed by atoms with Crippen LogP contribution in [0.25, 0.3) is 0 Å². The molecule has 0 aromatic heterocycles. The maximum Gasteiger partial charge on any atom is 0.333 e. The van der Waals surface area contributed by atoms with Gasteiger partial charge in [0.05, 0.1) is 30.5 Å². The van der Waals surface area contributed by atoms with Gasteiger partial charge < -0.3 is 39.0 Å². The quantitative estimate of drug-likeness (QED) is 0.0192. The number of thioether (sulfide) groups is 3. The summed E-state index contributed by atoms with van der Waals surface area (Å²) in [5.74, 6) is 0.430. The number of aliphatic carboxylic acids is 1. The summed E-state index contributed by atoms with van der Waals surface area (Å²) in [5.41, 5.74) is -0.103. The highest BCUT2D eigenvalue weighted by molar-refractivity contribution is 9.09. The molecule has 0 aliphatic heterocycles. The smallest absolute Gasteiger partial charge is 0.333 e. The van der Waals surface area contributed by atoms with E-state index in [1.807, 2.05) is 62.3 Å². The number of carboxylic acids is 1. The third-order valence-electron chi connectivity index (χ3n) is 4.32. The summed E-state index contributed by atoms with van der Waals surface area (Å²) in [7, 11) is 0. The number of allylic oxidation sites excluding steroid dienone is 1. The van der Waals surface area contributed by atoms with Crippen molar-refractivity contribution in [1.29, 1.82) is 0 Å². The fourth-order valence-electron chi connectivity index (χ4n) is 2.28. The Bertz CT molecular complexity index is 1300. The highest BCUT2D eigenvalue weighted by Crippen LogP contribution is 2.11. The third kappa shape index (κ3) is 75.6. The average molecular weight is 1030 g/mol. The van der Waals surface area contributed by atoms with Crippen molar-refractivity contribution in [2.75, 3.05) is 72.0 Å². The number of hydrogen-bond donors (Lipinski definition) is 4. The highest BCUT2D eigenvalue weighted by atomic mass is 79.9. The van der Waals surface area contributed by atoms with Crippen molar-refractivity contribution in [3.8, 4) is 0 Å². The Kier molecular flexibility index (Phi) is 49.8. The van der Waals surface area contributed by atoms with Crippen molar-refractivity contribution in [2.45, 2.75) is 99.9 Å². The number of halogens is 2. The summed E-state index contributed by atoms with van der Waals surface area (Å²) >= 11 is 15.5. The summed E-state index contributed by atoms with van der Waals surface area (Å²) in [4.78, 5) is 74.5. The van der Waals surface area contributed by atoms with Gasteiger partial charge in [-0.05, 0) is 94.7 Å². The molecule has 0 unspecified atom stereocenters. The molecule has 0 aliphatic rings. The third-order valence-corrected chi connectivity index (χ3v) is 8.02. The van der Waals surface area contributed by atoms with Crippen LogP contribution >= 0.6 is 75.4 Å². The predicted octanol–water partition coefficient (Wildman–Crippen LogP) is 7.12. The first kappa shape index (κ1) is 70.5. The van der Waals surface area contributed by atoms with Crippen LogP contribution in [0.2, 0.25) is 0 Å². The van der Waals surface area contributed by atoms with E-state index in [2.05, 4.69) is 48.3 Å². The van der Waals surface area contributed by atoms with Gasteiger partial charge >= 0.3 is 35.8 Å². The topological polar surface area (TPSA) is 226 Å². The zero-order valence-electron chi connectivity index (χ0n) is 37.8. The molecule has 0 rings (SSSR count). The Morgan fingerprint density at radius 2 is 0.885 bits per heavy atom. The van der Waals surface area contributed by atoms with Crippen LogP contribution in [0.3, 0.4) is 0 Å². The number of thiol groups is 1. The second-order valence-electron chi connectivity index (χ2n) is 14.5. The van der Waals surface area contributed by atoms with E-state index in [0.717, 1.165) is 0 Å². The molecule has 21 heteroatoms. The SMILES string of the molecule is C=C(C)C(=O)Cl.C=C(C)C(=O)OCCSCC(=O)O.C=C(C)C(=O)OCCSCC(=O)OC(C)(C)C.CC(C)(C)OC(=O)CBr.CC(C)(C)OC(=O)CSCCO.OCCS. The molecule has 0 heterocycles. The van der Waals surface area contributed by atoms with Crippen LogP contribution in [0, 0.1) is 0 Å². The number of aliphatic hydroxyl groups excluding tert-OH is 2. The normalized spacial score (nSPS) is 10.1. The van der Waals surface area contributed by atoms with E-state index in [1.165, 1.54) is 35.3 Å². The molecule has 0 bridgehead atoms. The molecule has 0 saturated carbocycles. The minimum absolute atomic E-state index is 0.0324. The summed E-state index contributed by atoms with van der Waals surface area (Å²) in [5, 5.41) is 24.3. The molecule has 0 fully saturated rings. The van der Waals surface area contributed by atoms with E-state index in [9.17, 15) is 33.6 Å². The molecule has 0 spiro atoms. The monoisotopic (exact) mass is 1030 g/mol. The molecule has 15 nitrogen and oxygen atoms in total. The van der Waals surface area contributed by atoms with Crippen LogP contribution < -0.4 is 0 Å². The van der Waals surface area contributed by atoms with E-state index < -0.39 is 34.4 Å². The summed E-state index contributed by atoms with van der Waals surface area (Å²) < 4.78 is 24.7. The van der Waals surface area contributed by atoms with Gasteiger partial charge in [0, 0.05) is 39.7 Å². The molecule has 0 aromatic carbocycles. The molecule has 0 saturated heterocycles. The van der Waals surface area contributed by atoms with Gasteiger partial charge in [-0.2, -0.15) is 12.6 Å². The standard InChI is InChI=1S/C12H20O4S.C8H12O4S.C8H16O3S.C6H11BrO2.C4H5ClO.C2H6OS/c1-9(2)11(14)15-6-7-17-8-10(13)16-12(3,4)5;1-6(2)8(11)12-3-4-13-5-7(9)10;1-8(2,3)11-7(10)6-12-5-4-9;1-6(2,3)9-5(8)4-7;1-3(2)4(5)6;3-1-2-4/h1,6-8H2,2-5H3;1,3-5H2,2H3,(H,9,10);9H,4-6H2,1-3H3;4H2,1-3H3;1H2,2H3;3-4H,1-2H2. The first-order valence-corrected chi connectivity index (χ1v) is 23.8. The van der Waals surface area contributed by atoms with Gasteiger partial charge in [-0.15, -0.1) is 35.3 Å². The number of esters is 5. The molecule has 3 N–H and O–H groups in total. The lowest BCUT2D eigenvalue weighted by molar-refractivity contribution is -0.152. The Morgan fingerprint density at radius 1 is 0.590 bits per heavy atom. The van der Waals surface area contributed by atoms with Crippen LogP contribution in [0.1, 0.15) is 83.1 Å². The minimum atomic E-state index is -0.865. The maximum absolute atomic E-state index is 11.3. The molecular weight excluding hydrogens is 964 g/mol. The molecule has 0 amide bonds. The zero-order valence-corrected chi connectivity index (χ0v) is 43.5. The van der Waals surface area contributed by atoms with E-state index in [1.54, 1.807) is 20.8 Å². The molecule has 0 radical (unpaired) electrons. The Labute approximate surface area is 395 Å². The van der Waals surface area contributed by atoms with Crippen molar-refractivity contribution < 1.29 is 72.6 Å². The van der Waals surface area contributed by atoms with Crippen LogP contribution in [-0.4, -0.2) is 145 Å². The Hall–Kier alpha value is -2.20. The minimum Gasteiger partial charge on any atom is -0.481 e. The lowest BCUT2D eigenvalue weighted by atomic mass is 10.2. The molecule has 358 valence electrons. The van der Waals surface area contributed by atoms with Crippen molar-refractivity contribution in [3.63, 3.8) is 0 Å². The second kappa shape index (κ2) is 43.1. The fourth-order valence-corrected chi connectivity index (χ4v) is 3.98. The van der Waals surface area contributed by atoms with Gasteiger partial charge in [-0.3, -0.25) is 24.0 Å². The van der Waals surface area contributed by atoms with Gasteiger partial charge in [0.15, 0.2) is 0 Å². The largest absolute Gasteiger partial charge is 0.481 e. The lowest BCUT2D eigenvalue weighted by Crippen LogP contribution is -2.25. The summed E-state index contributed by atoms with van der Waals surface area (Å²) in [6, 6.07) is 0. The number of carbonyl (C=O) groups is 7. The van der Waals surface area contributed by atoms with Crippen molar-refractivity contribution in [2.24, 2.45) is 0 Å². The Balaban J connectivity index is -0.000000156. The van der Waals surface area contributed by atoms with Gasteiger partial charge in [-0.1, -0.05) is 35.7 Å². The van der Waals surface area contributed by atoms with Crippen LogP contribution in [0.4, 0.5) is 0 Å². The van der Waals surface area contributed by atoms with Gasteiger partial charge in [0.2, 0.25) is 5.24 Å². The molecule has 0 aliphatic carbocycles. The lowest BCUT2D eigenvalue weighted by Gasteiger charge is -2.19. The number of aliphatic hydroxyl groups is 2. The van der Waals surface area contributed by atoms with Crippen LogP contribution in [-0.2, 0) is 57.2 Å². The Morgan fingerprint density at radius 3 is 1.10 bits per heavy atom. The predicted molar refractivity (Wildman–Crippen MR) is 256 cm³/mol. The van der Waals surface area contributed by atoms with E-state index >= 15 is 0 Å². The van der Waals surface area contributed by atoms with Gasteiger partial charge in [-0.25, -0.2) is 9.59 Å². The highest BCUT2D eigenvalue weighted by Gasteiger charge is 2.17. The maximum atomic E-state index is 11.3. The molecule has 0 aromatic rings. The van der Waals surface area contributed by atoms with Crippen molar-refractivity contribution in [3.05, 3.63) is 36.5 Å². The fraction of sp³-hybridized carbons (Fsp3) is 0.675. The van der Waals surface area contributed by atoms with Gasteiger partial charge in [0.25, 0.3) is 0 Å². The zero-order chi connectivity index (χ0) is 49.4. The first-order chi connectivity index (χ1) is 27.7. The number of ether oxygens (including phenoxy) is 5. The number of alkyl halides is 1. The number of hydrogen-bond acceptors (Lipinski definition) is 18. The van der Waals surface area contributed by atoms with Crippen molar-refractivity contribution >= 4 is 117 Å². The van der Waals surface area contributed by atoms with E-state index in [0.29, 0.717) is 45.5 Å². The molecule has 0 atom stereocenters. The van der Waals surface area contributed by atoms with Crippen LogP contribution in [0.15, 0.2) is 36.5 Å². The number of carboxylic acid groups (broad SMARTS) is 1. The van der Waals surface area contributed by atoms with Gasteiger partial charge in [0.1, 0.15) is 35.3 Å². The second-order valence-corrected chi connectivity index (χ2v) is 19.2. The average Bonchev–Trinajstić information content (AvgIpc) is 3.10. The first-order valence-electron chi connectivity index (χ1n) is 18.2. The van der Waals surface area contributed by atoms with Crippen LogP contribution in [0.5, 0.6) is 0 Å².